The van der Waals surface area contributed by atoms with Gasteiger partial charge in [0.15, 0.2) is 0 Å². The molecule has 17 heavy (non-hydrogen) atoms. The number of benzene rings is 1. The van der Waals surface area contributed by atoms with Crippen LogP contribution in [0.5, 0.6) is 0 Å². The van der Waals surface area contributed by atoms with Gasteiger partial charge in [0.05, 0.1) is 15.8 Å². The zero-order valence-electron chi connectivity index (χ0n) is 8.95. The van der Waals surface area contributed by atoms with Crippen LogP contribution in [0.2, 0.25) is 0 Å². The first kappa shape index (κ1) is 11.9. The van der Waals surface area contributed by atoms with Crippen molar-refractivity contribution in [1.82, 2.24) is 4.98 Å². The van der Waals surface area contributed by atoms with Gasteiger partial charge in [-0.1, -0.05) is 6.07 Å². The summed E-state index contributed by atoms with van der Waals surface area (Å²) in [6.45, 7) is 0.555. The molecule has 2 aromatic rings. The number of pyridine rings is 1. The van der Waals surface area contributed by atoms with Crippen LogP contribution in [-0.4, -0.2) is 4.98 Å². The molecule has 5 heteroatoms. The molecule has 88 valence electrons. The number of hydrogen-bond donors (Lipinski definition) is 2. The van der Waals surface area contributed by atoms with Crippen LogP contribution in [-0.2, 0) is 6.54 Å². The number of nitrogens with two attached hydrogens (primary N) is 1. The van der Waals surface area contributed by atoms with Crippen molar-refractivity contribution in [3.05, 3.63) is 52.5 Å². The number of hydrogen-bond acceptors (Lipinski definition) is 3. The summed E-state index contributed by atoms with van der Waals surface area (Å²) in [4.78, 5) is 4.00. The Balaban J connectivity index is 2.12. The SMILES string of the molecule is Nc1cc(Br)c(F)cc1NCc1cccnc1. The Bertz CT molecular complexity index is 517. The molecule has 0 saturated carbocycles. The van der Waals surface area contributed by atoms with Gasteiger partial charge in [0.2, 0.25) is 0 Å². The van der Waals surface area contributed by atoms with Crippen molar-refractivity contribution in [2.75, 3.05) is 11.1 Å². The Kier molecular flexibility index (Phi) is 3.58. The van der Waals surface area contributed by atoms with Crippen LogP contribution in [0.25, 0.3) is 0 Å². The summed E-state index contributed by atoms with van der Waals surface area (Å²) >= 11 is 3.08. The second kappa shape index (κ2) is 5.14. The smallest absolute Gasteiger partial charge is 0.139 e. The van der Waals surface area contributed by atoms with Gasteiger partial charge in [0, 0.05) is 25.0 Å². The molecule has 0 aliphatic heterocycles. The average Bonchev–Trinajstić information content (AvgIpc) is 2.33. The fourth-order valence-corrected chi connectivity index (χ4v) is 1.78. The summed E-state index contributed by atoms with van der Waals surface area (Å²) in [7, 11) is 0. The molecule has 3 nitrogen and oxygen atoms in total. The molecule has 0 atom stereocenters. The molecule has 1 aromatic heterocycles. The second-order valence-corrected chi connectivity index (χ2v) is 4.42. The van der Waals surface area contributed by atoms with Crippen LogP contribution in [0.1, 0.15) is 5.56 Å². The Morgan fingerprint density at radius 2 is 2.24 bits per heavy atom. The number of aromatic nitrogens is 1. The minimum absolute atomic E-state index is 0.340. The molecule has 0 fully saturated rings. The third-order valence-electron chi connectivity index (χ3n) is 2.30. The van der Waals surface area contributed by atoms with Gasteiger partial charge in [-0.3, -0.25) is 4.98 Å². The first-order valence-corrected chi connectivity index (χ1v) is 5.83. The summed E-state index contributed by atoms with van der Waals surface area (Å²) in [6.07, 6.45) is 3.45. The molecule has 1 aromatic carbocycles. The fraction of sp³-hybridized carbons (Fsp3) is 0.0833. The van der Waals surface area contributed by atoms with E-state index >= 15 is 0 Å². The molecule has 2 rings (SSSR count). The summed E-state index contributed by atoms with van der Waals surface area (Å²) in [5.41, 5.74) is 7.87. The molecule has 0 aliphatic carbocycles. The molecular weight excluding hydrogens is 285 g/mol. The standard InChI is InChI=1S/C12H11BrFN3/c13-9-4-11(15)12(5-10(9)14)17-7-8-2-1-3-16-6-8/h1-6,17H,7,15H2. The van der Waals surface area contributed by atoms with E-state index in [1.807, 2.05) is 12.1 Å². The van der Waals surface area contributed by atoms with E-state index in [-0.39, 0.29) is 5.82 Å². The summed E-state index contributed by atoms with van der Waals surface area (Å²) in [6, 6.07) is 6.70. The highest BCUT2D eigenvalue weighted by Gasteiger charge is 2.05. The van der Waals surface area contributed by atoms with Crippen molar-refractivity contribution in [2.45, 2.75) is 6.54 Å². The first-order valence-electron chi connectivity index (χ1n) is 5.04. The molecule has 0 spiro atoms. The molecule has 3 N–H and O–H groups in total. The predicted molar refractivity (Wildman–Crippen MR) is 70.1 cm³/mol. The Hall–Kier alpha value is -1.62. The molecule has 0 bridgehead atoms. The van der Waals surface area contributed by atoms with Gasteiger partial charge in [0.25, 0.3) is 0 Å². The van der Waals surface area contributed by atoms with Gasteiger partial charge >= 0.3 is 0 Å². The van der Waals surface area contributed by atoms with E-state index in [9.17, 15) is 4.39 Å². The minimum atomic E-state index is -0.340. The lowest BCUT2D eigenvalue weighted by molar-refractivity contribution is 0.622. The normalized spacial score (nSPS) is 10.2. The van der Waals surface area contributed by atoms with Gasteiger partial charge in [-0.25, -0.2) is 4.39 Å². The summed E-state index contributed by atoms with van der Waals surface area (Å²) in [5.74, 6) is -0.340. The zero-order valence-corrected chi connectivity index (χ0v) is 10.5. The van der Waals surface area contributed by atoms with E-state index in [1.165, 1.54) is 6.07 Å². The lowest BCUT2D eigenvalue weighted by Crippen LogP contribution is -2.03. The van der Waals surface area contributed by atoms with Crippen LogP contribution in [0, 0.1) is 5.82 Å². The number of nitrogen functional groups attached to an aromatic ring is 1. The van der Waals surface area contributed by atoms with E-state index in [0.29, 0.717) is 22.4 Å². The van der Waals surface area contributed by atoms with Crippen molar-refractivity contribution < 1.29 is 4.39 Å². The molecule has 1 heterocycles. The third-order valence-corrected chi connectivity index (χ3v) is 2.91. The molecule has 0 saturated heterocycles. The van der Waals surface area contributed by atoms with Crippen LogP contribution in [0.15, 0.2) is 41.1 Å². The molecule has 0 unspecified atom stereocenters. The number of nitrogens with zero attached hydrogens (tertiary/aromatic N) is 1. The Morgan fingerprint density at radius 1 is 1.41 bits per heavy atom. The lowest BCUT2D eigenvalue weighted by atomic mass is 10.2. The molecule has 0 amide bonds. The number of rotatable bonds is 3. The predicted octanol–water partition coefficient (Wildman–Crippen LogP) is 3.18. The molecule has 0 radical (unpaired) electrons. The van der Waals surface area contributed by atoms with Crippen molar-refractivity contribution in [1.29, 1.82) is 0 Å². The highest BCUT2D eigenvalue weighted by Crippen LogP contribution is 2.26. The number of nitrogens with one attached hydrogen (secondary N) is 1. The minimum Gasteiger partial charge on any atom is -0.397 e. The summed E-state index contributed by atoms with van der Waals surface area (Å²) in [5, 5.41) is 3.07. The maximum Gasteiger partial charge on any atom is 0.139 e. The van der Waals surface area contributed by atoms with Crippen molar-refractivity contribution >= 4 is 27.3 Å². The van der Waals surface area contributed by atoms with Gasteiger partial charge in [-0.2, -0.15) is 0 Å². The quantitative estimate of drug-likeness (QED) is 0.855. The number of halogens is 2. The van der Waals surface area contributed by atoms with Gasteiger partial charge in [0.1, 0.15) is 5.82 Å². The van der Waals surface area contributed by atoms with E-state index < -0.39 is 0 Å². The lowest BCUT2D eigenvalue weighted by Gasteiger charge is -2.10. The van der Waals surface area contributed by atoms with Crippen LogP contribution in [0.4, 0.5) is 15.8 Å². The van der Waals surface area contributed by atoms with Crippen LogP contribution >= 0.6 is 15.9 Å². The van der Waals surface area contributed by atoms with Crippen molar-refractivity contribution in [2.24, 2.45) is 0 Å². The number of anilines is 2. The van der Waals surface area contributed by atoms with E-state index in [1.54, 1.807) is 18.5 Å². The monoisotopic (exact) mass is 295 g/mol. The van der Waals surface area contributed by atoms with Gasteiger partial charge < -0.3 is 11.1 Å². The highest BCUT2D eigenvalue weighted by molar-refractivity contribution is 9.10. The molecular formula is C12H11BrFN3. The average molecular weight is 296 g/mol. The second-order valence-electron chi connectivity index (χ2n) is 3.57. The zero-order chi connectivity index (χ0) is 12.3. The Morgan fingerprint density at radius 3 is 2.94 bits per heavy atom. The van der Waals surface area contributed by atoms with Crippen LogP contribution < -0.4 is 11.1 Å². The topological polar surface area (TPSA) is 50.9 Å². The third kappa shape index (κ3) is 2.94. The van der Waals surface area contributed by atoms with E-state index in [0.717, 1.165) is 5.56 Å². The molecule has 0 aliphatic rings. The van der Waals surface area contributed by atoms with E-state index in [2.05, 4.69) is 26.2 Å². The Labute approximate surface area is 107 Å². The maximum absolute atomic E-state index is 13.3. The summed E-state index contributed by atoms with van der Waals surface area (Å²) < 4.78 is 13.7. The van der Waals surface area contributed by atoms with Crippen molar-refractivity contribution in [3.63, 3.8) is 0 Å². The van der Waals surface area contributed by atoms with Crippen LogP contribution in [0.3, 0.4) is 0 Å². The first-order chi connectivity index (χ1) is 8.16. The maximum atomic E-state index is 13.3. The van der Waals surface area contributed by atoms with Gasteiger partial charge in [-0.05, 0) is 33.6 Å². The fourth-order valence-electron chi connectivity index (χ4n) is 1.42. The highest BCUT2D eigenvalue weighted by atomic mass is 79.9. The van der Waals surface area contributed by atoms with Gasteiger partial charge in [-0.15, -0.1) is 0 Å². The van der Waals surface area contributed by atoms with E-state index in [4.69, 9.17) is 5.73 Å². The van der Waals surface area contributed by atoms with Crippen molar-refractivity contribution in [3.8, 4) is 0 Å². The largest absolute Gasteiger partial charge is 0.397 e.